The summed E-state index contributed by atoms with van der Waals surface area (Å²) in [5.74, 6) is 0.00611. The molecule has 0 unspecified atom stereocenters. The van der Waals surface area contributed by atoms with Crippen molar-refractivity contribution in [3.8, 4) is 17.4 Å². The predicted octanol–water partition coefficient (Wildman–Crippen LogP) is 2.31. The van der Waals surface area contributed by atoms with Crippen molar-refractivity contribution in [2.24, 2.45) is 0 Å². The van der Waals surface area contributed by atoms with E-state index in [2.05, 4.69) is 9.97 Å². The summed E-state index contributed by atoms with van der Waals surface area (Å²) >= 11 is 0. The Morgan fingerprint density at radius 3 is 2.78 bits per heavy atom. The van der Waals surface area contributed by atoms with E-state index in [1.165, 1.54) is 19.5 Å². The minimum Gasteiger partial charge on any atom is -0.489 e. The second kappa shape index (κ2) is 4.87. The number of benzene rings is 1. The molecule has 1 heterocycles. The summed E-state index contributed by atoms with van der Waals surface area (Å²) in [6.07, 6.45) is 1.22. The van der Waals surface area contributed by atoms with Gasteiger partial charge in [0, 0.05) is 0 Å². The van der Waals surface area contributed by atoms with Crippen LogP contribution in [0, 0.1) is 12.7 Å². The number of anilines is 1. The molecule has 18 heavy (non-hydrogen) atoms. The number of hydrogen-bond acceptors (Lipinski definition) is 5. The summed E-state index contributed by atoms with van der Waals surface area (Å²) in [7, 11) is 1.41. The van der Waals surface area contributed by atoms with Gasteiger partial charge in [0.05, 0.1) is 7.11 Å². The number of ether oxygens (including phenoxy) is 2. The van der Waals surface area contributed by atoms with E-state index in [-0.39, 0.29) is 23.2 Å². The van der Waals surface area contributed by atoms with Crippen LogP contribution in [0.15, 0.2) is 24.5 Å². The lowest BCUT2D eigenvalue weighted by Gasteiger charge is -2.11. The van der Waals surface area contributed by atoms with Gasteiger partial charge in [0.15, 0.2) is 17.4 Å². The molecule has 2 aromatic rings. The van der Waals surface area contributed by atoms with Gasteiger partial charge in [-0.1, -0.05) is 12.1 Å². The average Bonchev–Trinajstić information content (AvgIpc) is 2.35. The van der Waals surface area contributed by atoms with Gasteiger partial charge in [0.25, 0.3) is 5.88 Å². The number of hydrogen-bond donors (Lipinski definition) is 1. The molecule has 2 N–H and O–H groups in total. The van der Waals surface area contributed by atoms with Crippen LogP contribution >= 0.6 is 0 Å². The number of aromatic nitrogens is 2. The molecule has 0 fully saturated rings. The lowest BCUT2D eigenvalue weighted by molar-refractivity contribution is 0.360. The zero-order valence-corrected chi connectivity index (χ0v) is 9.98. The van der Waals surface area contributed by atoms with Crippen LogP contribution in [-0.2, 0) is 0 Å². The Bertz CT molecular complexity index is 575. The summed E-state index contributed by atoms with van der Waals surface area (Å²) in [5.41, 5.74) is 6.08. The van der Waals surface area contributed by atoms with Crippen molar-refractivity contribution in [1.29, 1.82) is 0 Å². The fourth-order valence-electron chi connectivity index (χ4n) is 1.44. The van der Waals surface area contributed by atoms with Crippen molar-refractivity contribution in [1.82, 2.24) is 9.97 Å². The van der Waals surface area contributed by atoms with Crippen molar-refractivity contribution < 1.29 is 13.9 Å². The number of aryl methyl sites for hydroxylation is 1. The highest BCUT2D eigenvalue weighted by atomic mass is 19.1. The lowest BCUT2D eigenvalue weighted by Crippen LogP contribution is -2.01. The molecule has 2 rings (SSSR count). The maximum absolute atomic E-state index is 13.8. The van der Waals surface area contributed by atoms with Crippen LogP contribution in [0.5, 0.6) is 17.4 Å². The number of nitrogen functional groups attached to an aromatic ring is 1. The van der Waals surface area contributed by atoms with Crippen molar-refractivity contribution in [3.05, 3.63) is 35.9 Å². The number of halogens is 1. The molecular formula is C12H12FN3O2. The topological polar surface area (TPSA) is 70.3 Å². The number of methoxy groups -OCH3 is 1. The van der Waals surface area contributed by atoms with E-state index in [1.54, 1.807) is 19.1 Å². The Morgan fingerprint density at radius 1 is 1.28 bits per heavy atom. The van der Waals surface area contributed by atoms with Gasteiger partial charge in [0.1, 0.15) is 6.33 Å². The van der Waals surface area contributed by atoms with Crippen LogP contribution in [0.25, 0.3) is 0 Å². The first kappa shape index (κ1) is 12.1. The Labute approximate surface area is 103 Å². The van der Waals surface area contributed by atoms with E-state index in [0.29, 0.717) is 5.56 Å². The van der Waals surface area contributed by atoms with Crippen molar-refractivity contribution in [3.63, 3.8) is 0 Å². The number of nitrogens with two attached hydrogens (primary N) is 1. The first-order valence-corrected chi connectivity index (χ1v) is 5.21. The van der Waals surface area contributed by atoms with Crippen LogP contribution in [0.2, 0.25) is 0 Å². The standard InChI is InChI=1S/C12H12FN3O2/c1-7-4-3-5-8(9(7)13)18-12-10(17-2)11(14)15-6-16-12/h3-6H,1-2H3,(H2,14,15,16). The van der Waals surface area contributed by atoms with E-state index >= 15 is 0 Å². The second-order valence-corrected chi connectivity index (χ2v) is 3.59. The molecule has 0 bridgehead atoms. The Morgan fingerprint density at radius 2 is 2.06 bits per heavy atom. The van der Waals surface area contributed by atoms with Crippen molar-refractivity contribution in [2.45, 2.75) is 6.92 Å². The van der Waals surface area contributed by atoms with E-state index in [9.17, 15) is 4.39 Å². The largest absolute Gasteiger partial charge is 0.489 e. The van der Waals surface area contributed by atoms with Crippen molar-refractivity contribution >= 4 is 5.82 Å². The highest BCUT2D eigenvalue weighted by Crippen LogP contribution is 2.33. The monoisotopic (exact) mass is 249 g/mol. The predicted molar refractivity (Wildman–Crippen MR) is 64.2 cm³/mol. The fraction of sp³-hybridized carbons (Fsp3) is 0.167. The normalized spacial score (nSPS) is 10.2. The molecule has 0 aliphatic rings. The van der Waals surface area contributed by atoms with Crippen LogP contribution in [0.1, 0.15) is 5.56 Å². The first-order valence-electron chi connectivity index (χ1n) is 5.21. The third-order valence-corrected chi connectivity index (χ3v) is 2.37. The summed E-state index contributed by atoms with van der Waals surface area (Å²) < 4.78 is 24.2. The van der Waals surface area contributed by atoms with Crippen molar-refractivity contribution in [2.75, 3.05) is 12.8 Å². The Hall–Kier alpha value is -2.37. The number of rotatable bonds is 3. The smallest absolute Gasteiger partial charge is 0.268 e. The zero-order valence-electron chi connectivity index (χ0n) is 9.98. The van der Waals surface area contributed by atoms with Crippen LogP contribution in [0.4, 0.5) is 10.2 Å². The lowest BCUT2D eigenvalue weighted by atomic mass is 10.2. The van der Waals surface area contributed by atoms with Gasteiger partial charge in [-0.3, -0.25) is 0 Å². The second-order valence-electron chi connectivity index (χ2n) is 3.59. The summed E-state index contributed by atoms with van der Waals surface area (Å²) in [4.78, 5) is 7.63. The van der Waals surface area contributed by atoms with E-state index in [4.69, 9.17) is 15.2 Å². The van der Waals surface area contributed by atoms with Gasteiger partial charge in [-0.05, 0) is 18.6 Å². The maximum atomic E-state index is 13.8. The van der Waals surface area contributed by atoms with Crippen LogP contribution in [-0.4, -0.2) is 17.1 Å². The number of nitrogens with zero attached hydrogens (tertiary/aromatic N) is 2. The van der Waals surface area contributed by atoms with Gasteiger partial charge >= 0.3 is 0 Å². The summed E-state index contributed by atoms with van der Waals surface area (Å²) in [5, 5.41) is 0. The van der Waals surface area contributed by atoms with E-state index in [1.807, 2.05) is 0 Å². The van der Waals surface area contributed by atoms with Gasteiger partial charge in [-0.15, -0.1) is 0 Å². The summed E-state index contributed by atoms with van der Waals surface area (Å²) in [6, 6.07) is 4.83. The quantitative estimate of drug-likeness (QED) is 0.903. The molecule has 0 aliphatic heterocycles. The SMILES string of the molecule is COc1c(N)ncnc1Oc1cccc(C)c1F. The van der Waals surface area contributed by atoms with Gasteiger partial charge in [-0.25, -0.2) is 9.37 Å². The average molecular weight is 249 g/mol. The molecular weight excluding hydrogens is 237 g/mol. The Kier molecular flexibility index (Phi) is 3.27. The van der Waals surface area contributed by atoms with Gasteiger partial charge < -0.3 is 15.2 Å². The zero-order chi connectivity index (χ0) is 13.1. The highest BCUT2D eigenvalue weighted by molar-refractivity contribution is 5.52. The third kappa shape index (κ3) is 2.17. The molecule has 6 heteroatoms. The highest BCUT2D eigenvalue weighted by Gasteiger charge is 2.14. The molecule has 0 radical (unpaired) electrons. The molecule has 0 aliphatic carbocycles. The minimum absolute atomic E-state index is 0.0615. The molecule has 0 spiro atoms. The minimum atomic E-state index is -0.447. The maximum Gasteiger partial charge on any atom is 0.268 e. The molecule has 1 aromatic heterocycles. The Balaban J connectivity index is 2.40. The van der Waals surface area contributed by atoms with Gasteiger partial charge in [-0.2, -0.15) is 4.98 Å². The fourth-order valence-corrected chi connectivity index (χ4v) is 1.44. The third-order valence-electron chi connectivity index (χ3n) is 2.37. The van der Waals surface area contributed by atoms with E-state index < -0.39 is 5.82 Å². The molecule has 0 atom stereocenters. The molecule has 0 amide bonds. The van der Waals surface area contributed by atoms with Crippen LogP contribution < -0.4 is 15.2 Å². The first-order chi connectivity index (χ1) is 8.63. The molecule has 0 saturated heterocycles. The molecule has 0 saturated carbocycles. The summed E-state index contributed by atoms with van der Waals surface area (Å²) in [6.45, 7) is 1.65. The molecule has 5 nitrogen and oxygen atoms in total. The molecule has 94 valence electrons. The van der Waals surface area contributed by atoms with Crippen LogP contribution in [0.3, 0.4) is 0 Å². The van der Waals surface area contributed by atoms with Gasteiger partial charge in [0.2, 0.25) is 5.75 Å². The van der Waals surface area contributed by atoms with E-state index in [0.717, 1.165) is 0 Å². The molecule has 1 aromatic carbocycles.